The molecule has 124 valence electrons. The third-order valence-corrected chi connectivity index (χ3v) is 4.34. The van der Waals surface area contributed by atoms with Crippen molar-refractivity contribution in [3.63, 3.8) is 0 Å². The van der Waals surface area contributed by atoms with Crippen LogP contribution in [-0.4, -0.2) is 14.0 Å². The van der Waals surface area contributed by atoms with Crippen LogP contribution in [0.2, 0.25) is 0 Å². The molecule has 4 nitrogen and oxygen atoms in total. The summed E-state index contributed by atoms with van der Waals surface area (Å²) < 4.78 is 32.5. The van der Waals surface area contributed by atoms with E-state index in [0.29, 0.717) is 0 Å². The van der Waals surface area contributed by atoms with Crippen LogP contribution in [0, 0.1) is 0 Å². The zero-order chi connectivity index (χ0) is 16.9. The van der Waals surface area contributed by atoms with Gasteiger partial charge in [-0.05, 0) is 44.0 Å². The van der Waals surface area contributed by atoms with E-state index >= 15 is 0 Å². The fourth-order valence-electron chi connectivity index (χ4n) is 2.07. The van der Waals surface area contributed by atoms with Crippen LogP contribution < -0.4 is 9.46 Å². The van der Waals surface area contributed by atoms with E-state index in [1.54, 1.807) is 12.1 Å². The van der Waals surface area contributed by atoms with Crippen molar-refractivity contribution >= 4 is 10.0 Å². The maximum Gasteiger partial charge on any atom is 0.216 e. The van der Waals surface area contributed by atoms with Gasteiger partial charge >= 0.3 is 0 Å². The van der Waals surface area contributed by atoms with Crippen molar-refractivity contribution in [2.75, 3.05) is 0 Å². The first-order chi connectivity index (χ1) is 10.7. The number of hydrogen-bond acceptors (Lipinski definition) is 3. The molecule has 5 heteroatoms. The first-order valence-electron chi connectivity index (χ1n) is 7.53. The Balaban J connectivity index is 1.92. The summed E-state index contributed by atoms with van der Waals surface area (Å²) in [5.41, 5.74) is 1.41. The van der Waals surface area contributed by atoms with E-state index < -0.39 is 10.0 Å². The van der Waals surface area contributed by atoms with E-state index in [2.05, 4.69) is 4.72 Å². The number of nitrogens with one attached hydrogen (secondary N) is 1. The molecule has 2 rings (SSSR count). The molecule has 0 heterocycles. The van der Waals surface area contributed by atoms with Crippen molar-refractivity contribution in [1.82, 2.24) is 4.72 Å². The second kappa shape index (κ2) is 7.15. The molecule has 0 aromatic heterocycles. The number of ether oxygens (including phenoxy) is 1. The largest absolute Gasteiger partial charge is 0.488 e. The van der Waals surface area contributed by atoms with Gasteiger partial charge in [0.15, 0.2) is 0 Å². The summed E-state index contributed by atoms with van der Waals surface area (Å²) in [4.78, 5) is 0. The van der Waals surface area contributed by atoms with Crippen LogP contribution in [0.3, 0.4) is 0 Å². The van der Waals surface area contributed by atoms with Crippen molar-refractivity contribution in [3.8, 4) is 5.75 Å². The first kappa shape index (κ1) is 17.5. The third kappa shape index (κ3) is 6.42. The van der Waals surface area contributed by atoms with Crippen molar-refractivity contribution in [2.24, 2.45) is 0 Å². The standard InChI is InChI=1S/C18H23NO3S/c1-18(2,3)22-17-11-9-15(10-12-17)13-19-23(20,21)14-16-7-5-4-6-8-16/h4-12,19H,13-14H2,1-3H3. The SMILES string of the molecule is CC(C)(C)Oc1ccc(CNS(=O)(=O)Cc2ccccc2)cc1. The van der Waals surface area contributed by atoms with Crippen molar-refractivity contribution in [1.29, 1.82) is 0 Å². The summed E-state index contributed by atoms with van der Waals surface area (Å²) in [6.45, 7) is 6.22. The van der Waals surface area contributed by atoms with Gasteiger partial charge in [-0.3, -0.25) is 0 Å². The van der Waals surface area contributed by atoms with Crippen molar-refractivity contribution in [2.45, 2.75) is 38.7 Å². The molecular formula is C18H23NO3S. The molecule has 0 unspecified atom stereocenters. The molecule has 1 N–H and O–H groups in total. The smallest absolute Gasteiger partial charge is 0.216 e. The maximum absolute atomic E-state index is 12.1. The minimum Gasteiger partial charge on any atom is -0.488 e. The van der Waals surface area contributed by atoms with Crippen LogP contribution >= 0.6 is 0 Å². The Hall–Kier alpha value is -1.85. The van der Waals surface area contributed by atoms with E-state index in [4.69, 9.17) is 4.74 Å². The Morgan fingerprint density at radius 3 is 2.09 bits per heavy atom. The molecule has 0 amide bonds. The summed E-state index contributed by atoms with van der Waals surface area (Å²) in [5, 5.41) is 0. The summed E-state index contributed by atoms with van der Waals surface area (Å²) in [6, 6.07) is 16.6. The predicted octanol–water partition coefficient (Wildman–Crippen LogP) is 3.48. The van der Waals surface area contributed by atoms with E-state index in [1.807, 2.05) is 63.2 Å². The zero-order valence-electron chi connectivity index (χ0n) is 13.7. The molecule has 0 fully saturated rings. The topological polar surface area (TPSA) is 55.4 Å². The van der Waals surface area contributed by atoms with Crippen LogP contribution in [-0.2, 0) is 22.3 Å². The minimum absolute atomic E-state index is 0.0148. The minimum atomic E-state index is -3.35. The Labute approximate surface area is 138 Å². The molecular weight excluding hydrogens is 310 g/mol. The van der Waals surface area contributed by atoms with E-state index in [0.717, 1.165) is 16.9 Å². The summed E-state index contributed by atoms with van der Waals surface area (Å²) in [6.07, 6.45) is 0. The highest BCUT2D eigenvalue weighted by molar-refractivity contribution is 7.88. The molecule has 0 saturated carbocycles. The second-order valence-electron chi connectivity index (χ2n) is 6.42. The molecule has 0 radical (unpaired) electrons. The highest BCUT2D eigenvalue weighted by Crippen LogP contribution is 2.18. The van der Waals surface area contributed by atoms with Gasteiger partial charge < -0.3 is 4.74 Å². The van der Waals surface area contributed by atoms with Gasteiger partial charge in [0, 0.05) is 6.54 Å². The normalized spacial score (nSPS) is 12.1. The molecule has 0 aliphatic heterocycles. The fourth-order valence-corrected chi connectivity index (χ4v) is 3.19. The Morgan fingerprint density at radius 2 is 1.52 bits per heavy atom. The Bertz CT molecular complexity index is 717. The van der Waals surface area contributed by atoms with Gasteiger partial charge in [0.25, 0.3) is 0 Å². The second-order valence-corrected chi connectivity index (χ2v) is 8.23. The Morgan fingerprint density at radius 1 is 0.913 bits per heavy atom. The summed E-state index contributed by atoms with van der Waals surface area (Å²) >= 11 is 0. The van der Waals surface area contributed by atoms with E-state index in [9.17, 15) is 8.42 Å². The van der Waals surface area contributed by atoms with Crippen LogP contribution in [0.15, 0.2) is 54.6 Å². The van der Waals surface area contributed by atoms with E-state index in [-0.39, 0.29) is 17.9 Å². The molecule has 2 aromatic rings. The molecule has 0 atom stereocenters. The lowest BCUT2D eigenvalue weighted by atomic mass is 10.2. The number of benzene rings is 2. The molecule has 0 aliphatic carbocycles. The van der Waals surface area contributed by atoms with Crippen molar-refractivity contribution < 1.29 is 13.2 Å². The molecule has 0 bridgehead atoms. The van der Waals surface area contributed by atoms with Crippen LogP contribution in [0.5, 0.6) is 5.75 Å². The first-order valence-corrected chi connectivity index (χ1v) is 9.18. The maximum atomic E-state index is 12.1. The van der Waals surface area contributed by atoms with E-state index in [1.165, 1.54) is 0 Å². The van der Waals surface area contributed by atoms with Gasteiger partial charge in [0.2, 0.25) is 10.0 Å². The number of sulfonamides is 1. The van der Waals surface area contributed by atoms with Crippen LogP contribution in [0.4, 0.5) is 0 Å². The molecule has 0 spiro atoms. The van der Waals surface area contributed by atoms with Crippen molar-refractivity contribution in [3.05, 3.63) is 65.7 Å². The number of rotatable bonds is 6. The number of hydrogen-bond donors (Lipinski definition) is 1. The van der Waals surface area contributed by atoms with Gasteiger partial charge in [0.1, 0.15) is 11.4 Å². The monoisotopic (exact) mass is 333 g/mol. The van der Waals surface area contributed by atoms with Gasteiger partial charge in [-0.2, -0.15) is 0 Å². The molecule has 2 aromatic carbocycles. The van der Waals surface area contributed by atoms with Gasteiger partial charge in [0.05, 0.1) is 5.75 Å². The lowest BCUT2D eigenvalue weighted by molar-refractivity contribution is 0.131. The van der Waals surface area contributed by atoms with Crippen LogP contribution in [0.25, 0.3) is 0 Å². The van der Waals surface area contributed by atoms with Gasteiger partial charge in [-0.1, -0.05) is 42.5 Å². The lowest BCUT2D eigenvalue weighted by Crippen LogP contribution is -2.25. The third-order valence-electron chi connectivity index (χ3n) is 3.04. The fraction of sp³-hybridized carbons (Fsp3) is 0.333. The quantitative estimate of drug-likeness (QED) is 0.880. The molecule has 0 saturated heterocycles. The predicted molar refractivity (Wildman–Crippen MR) is 92.7 cm³/mol. The average Bonchev–Trinajstić information content (AvgIpc) is 2.46. The molecule has 23 heavy (non-hydrogen) atoms. The summed E-state index contributed by atoms with van der Waals surface area (Å²) in [5.74, 6) is 0.757. The summed E-state index contributed by atoms with van der Waals surface area (Å²) in [7, 11) is -3.35. The highest BCUT2D eigenvalue weighted by Gasteiger charge is 2.13. The molecule has 0 aliphatic rings. The lowest BCUT2D eigenvalue weighted by Gasteiger charge is -2.21. The van der Waals surface area contributed by atoms with Gasteiger partial charge in [-0.25, -0.2) is 13.1 Å². The highest BCUT2D eigenvalue weighted by atomic mass is 32.2. The zero-order valence-corrected chi connectivity index (χ0v) is 14.6. The van der Waals surface area contributed by atoms with Crippen LogP contribution in [0.1, 0.15) is 31.9 Å². The Kier molecular flexibility index (Phi) is 5.44. The average molecular weight is 333 g/mol. The van der Waals surface area contributed by atoms with Gasteiger partial charge in [-0.15, -0.1) is 0 Å².